The van der Waals surface area contributed by atoms with E-state index < -0.39 is 5.60 Å². The topological polar surface area (TPSA) is 61.5 Å². The summed E-state index contributed by atoms with van der Waals surface area (Å²) in [5.41, 5.74) is 9.29. The molecule has 33 heavy (non-hydrogen) atoms. The van der Waals surface area contributed by atoms with Crippen molar-refractivity contribution in [3.05, 3.63) is 65.2 Å². The lowest BCUT2D eigenvalue weighted by atomic mass is 9.51. The average molecular weight is 450 g/mol. The van der Waals surface area contributed by atoms with Gasteiger partial charge in [0.1, 0.15) is 18.0 Å². The van der Waals surface area contributed by atoms with Crippen molar-refractivity contribution in [2.24, 2.45) is 5.73 Å². The fraction of sp³-hybridized carbons (Fsp3) is 0.552. The summed E-state index contributed by atoms with van der Waals surface area (Å²) in [6.45, 7) is 6.76. The standard InChI is InChI=1S/C29H39NO3/c1-4-10-26(31)33-29-17-9-8-16-28(29,21-27(2,3)30)25-19-24(14-13-23(25)15-18-29)32-20-22-11-6-5-7-12-22/h5-7,11-14,19H,4,8-10,15-18,20-21,30H2,1-3H3. The van der Waals surface area contributed by atoms with E-state index in [4.69, 9.17) is 15.2 Å². The molecule has 1 saturated carbocycles. The molecule has 0 radical (unpaired) electrons. The highest BCUT2D eigenvalue weighted by molar-refractivity contribution is 5.70. The van der Waals surface area contributed by atoms with Crippen LogP contribution in [0.1, 0.15) is 88.8 Å². The number of hydrogen-bond donors (Lipinski definition) is 1. The molecule has 0 aromatic heterocycles. The Bertz CT molecular complexity index is 965. The van der Waals surface area contributed by atoms with E-state index >= 15 is 0 Å². The minimum Gasteiger partial charge on any atom is -0.489 e. The second kappa shape index (κ2) is 9.50. The number of aryl methyl sites for hydroxylation is 1. The molecule has 0 saturated heterocycles. The molecule has 4 rings (SSSR count). The molecule has 2 aliphatic rings. The number of carbonyl (C=O) groups is 1. The van der Waals surface area contributed by atoms with E-state index in [0.717, 1.165) is 62.7 Å². The van der Waals surface area contributed by atoms with Gasteiger partial charge >= 0.3 is 5.97 Å². The van der Waals surface area contributed by atoms with Gasteiger partial charge in [-0.25, -0.2) is 0 Å². The molecule has 4 nitrogen and oxygen atoms in total. The molecule has 2 N–H and O–H groups in total. The molecule has 1 fully saturated rings. The van der Waals surface area contributed by atoms with Crippen LogP contribution in [0.4, 0.5) is 0 Å². The highest BCUT2D eigenvalue weighted by Crippen LogP contribution is 2.58. The van der Waals surface area contributed by atoms with E-state index in [1.807, 2.05) is 25.1 Å². The average Bonchev–Trinajstić information content (AvgIpc) is 2.78. The van der Waals surface area contributed by atoms with Gasteiger partial charge < -0.3 is 15.2 Å². The van der Waals surface area contributed by atoms with Gasteiger partial charge in [-0.3, -0.25) is 4.79 Å². The smallest absolute Gasteiger partial charge is 0.306 e. The number of ether oxygens (including phenoxy) is 2. The molecule has 0 amide bonds. The van der Waals surface area contributed by atoms with E-state index in [1.54, 1.807) is 0 Å². The molecule has 2 aromatic carbocycles. The van der Waals surface area contributed by atoms with Crippen molar-refractivity contribution < 1.29 is 14.3 Å². The van der Waals surface area contributed by atoms with Crippen LogP contribution in [0.15, 0.2) is 48.5 Å². The summed E-state index contributed by atoms with van der Waals surface area (Å²) in [6.07, 6.45) is 7.96. The van der Waals surface area contributed by atoms with E-state index in [1.165, 1.54) is 11.1 Å². The quantitative estimate of drug-likeness (QED) is 0.485. The summed E-state index contributed by atoms with van der Waals surface area (Å²) in [6, 6.07) is 16.8. The number of esters is 1. The molecule has 2 atom stereocenters. The Hall–Kier alpha value is -2.33. The van der Waals surface area contributed by atoms with Crippen molar-refractivity contribution in [1.82, 2.24) is 0 Å². The number of hydrogen-bond acceptors (Lipinski definition) is 4. The van der Waals surface area contributed by atoms with Gasteiger partial charge in [-0.05, 0) is 87.6 Å². The zero-order valence-corrected chi connectivity index (χ0v) is 20.5. The Balaban J connectivity index is 1.74. The molecule has 2 unspecified atom stereocenters. The van der Waals surface area contributed by atoms with Crippen molar-refractivity contribution in [1.29, 1.82) is 0 Å². The van der Waals surface area contributed by atoms with Crippen LogP contribution in [0, 0.1) is 0 Å². The van der Waals surface area contributed by atoms with Crippen LogP contribution >= 0.6 is 0 Å². The monoisotopic (exact) mass is 449 g/mol. The number of carbonyl (C=O) groups excluding carboxylic acids is 1. The maximum atomic E-state index is 12.8. The van der Waals surface area contributed by atoms with Gasteiger partial charge in [0.15, 0.2) is 0 Å². The second-order valence-corrected chi connectivity index (χ2v) is 10.8. The van der Waals surface area contributed by atoms with Crippen molar-refractivity contribution in [2.45, 2.75) is 102 Å². The van der Waals surface area contributed by atoms with Crippen molar-refractivity contribution in [2.75, 3.05) is 0 Å². The van der Waals surface area contributed by atoms with Crippen LogP contribution in [0.5, 0.6) is 5.75 Å². The van der Waals surface area contributed by atoms with Crippen LogP contribution in [0.2, 0.25) is 0 Å². The molecule has 0 spiro atoms. The van der Waals surface area contributed by atoms with Crippen LogP contribution in [0.25, 0.3) is 0 Å². The highest BCUT2D eigenvalue weighted by atomic mass is 16.6. The number of rotatable bonds is 8. The van der Waals surface area contributed by atoms with Crippen LogP contribution in [-0.4, -0.2) is 17.1 Å². The van der Waals surface area contributed by atoms with Crippen molar-refractivity contribution >= 4 is 5.97 Å². The highest BCUT2D eigenvalue weighted by Gasteiger charge is 2.59. The fourth-order valence-corrected chi connectivity index (χ4v) is 6.23. The third kappa shape index (κ3) is 4.96. The van der Waals surface area contributed by atoms with E-state index in [-0.39, 0.29) is 16.9 Å². The Kier molecular flexibility index (Phi) is 6.86. The summed E-state index contributed by atoms with van der Waals surface area (Å²) < 4.78 is 12.7. The van der Waals surface area contributed by atoms with Crippen LogP contribution < -0.4 is 10.5 Å². The largest absolute Gasteiger partial charge is 0.489 e. The first-order valence-electron chi connectivity index (χ1n) is 12.6. The minimum absolute atomic E-state index is 0.0708. The van der Waals surface area contributed by atoms with Gasteiger partial charge in [0.05, 0.1) is 0 Å². The lowest BCUT2D eigenvalue weighted by Gasteiger charge is -2.58. The minimum atomic E-state index is -0.487. The SMILES string of the molecule is CCCC(=O)OC12CCCCC1(CC(C)(C)N)c1cc(OCc3ccccc3)ccc1CC2. The van der Waals surface area contributed by atoms with E-state index in [9.17, 15) is 4.79 Å². The van der Waals surface area contributed by atoms with Crippen LogP contribution in [0.3, 0.4) is 0 Å². The van der Waals surface area contributed by atoms with Gasteiger partial charge in [-0.2, -0.15) is 0 Å². The molecular formula is C29H39NO3. The third-order valence-electron chi connectivity index (χ3n) is 7.47. The number of nitrogens with two attached hydrogens (primary N) is 1. The van der Waals surface area contributed by atoms with Crippen molar-refractivity contribution in [3.63, 3.8) is 0 Å². The maximum absolute atomic E-state index is 12.8. The number of benzene rings is 2. The zero-order chi connectivity index (χ0) is 23.5. The van der Waals surface area contributed by atoms with Gasteiger partial charge in [-0.15, -0.1) is 0 Å². The Morgan fingerprint density at radius 1 is 1.06 bits per heavy atom. The normalized spacial score (nSPS) is 24.5. The lowest BCUT2D eigenvalue weighted by Crippen LogP contribution is -2.62. The first-order valence-corrected chi connectivity index (χ1v) is 12.6. The zero-order valence-electron chi connectivity index (χ0n) is 20.5. The molecule has 178 valence electrons. The maximum Gasteiger partial charge on any atom is 0.306 e. The van der Waals surface area contributed by atoms with Gasteiger partial charge in [-0.1, -0.05) is 49.7 Å². The first-order chi connectivity index (χ1) is 15.8. The van der Waals surface area contributed by atoms with Crippen LogP contribution in [-0.2, 0) is 28.0 Å². The Morgan fingerprint density at radius 2 is 1.82 bits per heavy atom. The van der Waals surface area contributed by atoms with E-state index in [0.29, 0.717) is 13.0 Å². The summed E-state index contributed by atoms with van der Waals surface area (Å²) in [5, 5.41) is 0. The molecule has 0 heterocycles. The number of fused-ring (bicyclic) bond motifs is 3. The summed E-state index contributed by atoms with van der Waals surface area (Å²) in [7, 11) is 0. The molecular weight excluding hydrogens is 410 g/mol. The third-order valence-corrected chi connectivity index (χ3v) is 7.47. The molecule has 2 aromatic rings. The predicted molar refractivity (Wildman–Crippen MR) is 132 cm³/mol. The van der Waals surface area contributed by atoms with Gasteiger partial charge in [0, 0.05) is 17.4 Å². The van der Waals surface area contributed by atoms with E-state index in [2.05, 4.69) is 44.2 Å². The summed E-state index contributed by atoms with van der Waals surface area (Å²) in [5.74, 6) is 0.798. The molecule has 2 aliphatic carbocycles. The van der Waals surface area contributed by atoms with Gasteiger partial charge in [0.2, 0.25) is 0 Å². The summed E-state index contributed by atoms with van der Waals surface area (Å²) >= 11 is 0. The second-order valence-electron chi connectivity index (χ2n) is 10.8. The predicted octanol–water partition coefficient (Wildman–Crippen LogP) is 6.23. The summed E-state index contributed by atoms with van der Waals surface area (Å²) in [4.78, 5) is 12.8. The fourth-order valence-electron chi connectivity index (χ4n) is 6.23. The Morgan fingerprint density at radius 3 is 2.55 bits per heavy atom. The molecule has 0 aliphatic heterocycles. The Labute approximate surface area is 198 Å². The van der Waals surface area contributed by atoms with Crippen molar-refractivity contribution in [3.8, 4) is 5.75 Å². The van der Waals surface area contributed by atoms with Gasteiger partial charge in [0.25, 0.3) is 0 Å². The molecule has 4 heteroatoms. The first kappa shape index (κ1) is 23.8. The lowest BCUT2D eigenvalue weighted by molar-refractivity contribution is -0.180. The molecule has 0 bridgehead atoms.